The fourth-order valence-electron chi connectivity index (χ4n) is 1.90. The molecule has 0 atom stereocenters. The average molecular weight is 447 g/mol. The van der Waals surface area contributed by atoms with E-state index >= 15 is 0 Å². The molecule has 0 nitrogen and oxygen atoms in total. The van der Waals surface area contributed by atoms with Crippen molar-refractivity contribution < 1.29 is 0 Å². The molecule has 0 aliphatic rings. The number of aryl methyl sites for hydroxylation is 1. The minimum atomic E-state index is 0.542. The predicted octanol–water partition coefficient (Wildman–Crippen LogP) is 8.11. The third-order valence-electron chi connectivity index (χ3n) is 3.46. The van der Waals surface area contributed by atoms with Crippen molar-refractivity contribution in [1.29, 1.82) is 0 Å². The zero-order chi connectivity index (χ0) is 16.9. The van der Waals surface area contributed by atoms with Gasteiger partial charge in [-0.2, -0.15) is 0 Å². The topological polar surface area (TPSA) is 0 Å². The molecule has 2 rings (SSSR count). The first-order chi connectivity index (χ1) is 10.2. The molecule has 0 spiro atoms. The van der Waals surface area contributed by atoms with E-state index in [2.05, 4.69) is 90.7 Å². The van der Waals surface area contributed by atoms with E-state index in [9.17, 15) is 0 Å². The van der Waals surface area contributed by atoms with Gasteiger partial charge >= 0.3 is 0 Å². The third kappa shape index (κ3) is 6.06. The summed E-state index contributed by atoms with van der Waals surface area (Å²) in [6.07, 6.45) is 0. The second-order valence-electron chi connectivity index (χ2n) is 5.99. The Kier molecular flexibility index (Phi) is 8.16. The number of halogens is 3. The summed E-state index contributed by atoms with van der Waals surface area (Å²) >= 11 is 12.7. The first kappa shape index (κ1) is 19.7. The van der Waals surface area contributed by atoms with Gasteiger partial charge in [0, 0.05) is 8.95 Å². The SMILES string of the molecule is CC(C)c1ccc(Br)c(Cl)c1.Cc1cc(C(C)C)ccc1Br. The lowest BCUT2D eigenvalue weighted by atomic mass is 10.0. The highest BCUT2D eigenvalue weighted by Crippen LogP contribution is 2.26. The van der Waals surface area contributed by atoms with Crippen LogP contribution < -0.4 is 0 Å². The van der Waals surface area contributed by atoms with E-state index in [1.807, 2.05) is 12.1 Å². The minimum Gasteiger partial charge on any atom is -0.0831 e. The average Bonchev–Trinajstić information content (AvgIpc) is 2.45. The van der Waals surface area contributed by atoms with E-state index in [0.29, 0.717) is 11.8 Å². The zero-order valence-corrected chi connectivity index (χ0v) is 17.7. The van der Waals surface area contributed by atoms with Crippen molar-refractivity contribution in [2.75, 3.05) is 0 Å². The summed E-state index contributed by atoms with van der Waals surface area (Å²) < 4.78 is 2.16. The third-order valence-corrected chi connectivity index (χ3v) is 5.58. The summed E-state index contributed by atoms with van der Waals surface area (Å²) in [6, 6.07) is 12.6. The fraction of sp³-hybridized carbons (Fsp3) is 0.368. The fourth-order valence-corrected chi connectivity index (χ4v) is 2.58. The number of hydrogen-bond acceptors (Lipinski definition) is 0. The summed E-state index contributed by atoms with van der Waals surface area (Å²) in [4.78, 5) is 0. The maximum absolute atomic E-state index is 5.91. The first-order valence-electron chi connectivity index (χ1n) is 7.43. The summed E-state index contributed by atoms with van der Waals surface area (Å²) in [7, 11) is 0. The van der Waals surface area contributed by atoms with Gasteiger partial charge in [-0.05, 0) is 69.6 Å². The Balaban J connectivity index is 0.000000220. The zero-order valence-electron chi connectivity index (χ0n) is 13.8. The van der Waals surface area contributed by atoms with E-state index < -0.39 is 0 Å². The number of hydrogen-bond donors (Lipinski definition) is 0. The van der Waals surface area contributed by atoms with Gasteiger partial charge in [0.05, 0.1) is 5.02 Å². The molecule has 2 aromatic rings. The molecule has 0 fully saturated rings. The number of rotatable bonds is 2. The quantitative estimate of drug-likeness (QED) is 0.437. The van der Waals surface area contributed by atoms with Gasteiger partial charge in [-0.1, -0.05) is 73.4 Å². The van der Waals surface area contributed by atoms with Gasteiger partial charge in [0.2, 0.25) is 0 Å². The lowest BCUT2D eigenvalue weighted by Gasteiger charge is -2.06. The molecule has 0 bridgehead atoms. The Labute approximate surface area is 156 Å². The predicted molar refractivity (Wildman–Crippen MR) is 106 cm³/mol. The van der Waals surface area contributed by atoms with Crippen molar-refractivity contribution in [3.8, 4) is 0 Å². The Morgan fingerprint density at radius 2 is 1.23 bits per heavy atom. The molecule has 0 amide bonds. The molecule has 0 heterocycles. The van der Waals surface area contributed by atoms with Crippen LogP contribution in [0.5, 0.6) is 0 Å². The smallest absolute Gasteiger partial charge is 0.0550 e. The lowest BCUT2D eigenvalue weighted by molar-refractivity contribution is 0.864. The van der Waals surface area contributed by atoms with E-state index in [0.717, 1.165) is 9.50 Å². The van der Waals surface area contributed by atoms with Crippen molar-refractivity contribution >= 4 is 43.5 Å². The van der Waals surface area contributed by atoms with Crippen molar-refractivity contribution in [2.24, 2.45) is 0 Å². The highest BCUT2D eigenvalue weighted by molar-refractivity contribution is 9.10. The molecule has 120 valence electrons. The monoisotopic (exact) mass is 444 g/mol. The molecule has 0 aliphatic carbocycles. The van der Waals surface area contributed by atoms with Gasteiger partial charge in [0.1, 0.15) is 0 Å². The molecule has 22 heavy (non-hydrogen) atoms. The van der Waals surface area contributed by atoms with Gasteiger partial charge in [0.25, 0.3) is 0 Å². The summed E-state index contributed by atoms with van der Waals surface area (Å²) in [6.45, 7) is 10.8. The molecule has 0 aromatic heterocycles. The molecule has 3 heteroatoms. The Morgan fingerprint density at radius 3 is 1.64 bits per heavy atom. The second kappa shape index (κ2) is 9.10. The summed E-state index contributed by atoms with van der Waals surface area (Å²) in [5.41, 5.74) is 4.00. The maximum atomic E-state index is 5.91. The summed E-state index contributed by atoms with van der Waals surface area (Å²) in [5, 5.41) is 0.788. The van der Waals surface area contributed by atoms with Crippen LogP contribution in [0.1, 0.15) is 56.2 Å². The Bertz CT molecular complexity index is 563. The molecule has 0 unspecified atom stereocenters. The van der Waals surface area contributed by atoms with E-state index in [4.69, 9.17) is 11.6 Å². The van der Waals surface area contributed by atoms with Crippen LogP contribution in [-0.2, 0) is 0 Å². The van der Waals surface area contributed by atoms with Gasteiger partial charge in [-0.25, -0.2) is 0 Å². The molecular weight excluding hydrogens is 423 g/mol. The molecule has 0 aliphatic heterocycles. The highest BCUT2D eigenvalue weighted by Gasteiger charge is 2.01. The molecule has 0 saturated carbocycles. The van der Waals surface area contributed by atoms with E-state index in [1.54, 1.807) is 0 Å². The summed E-state index contributed by atoms with van der Waals surface area (Å²) in [5.74, 6) is 1.17. The van der Waals surface area contributed by atoms with Crippen LogP contribution in [0, 0.1) is 6.92 Å². The van der Waals surface area contributed by atoms with Crippen LogP contribution in [0.25, 0.3) is 0 Å². The maximum Gasteiger partial charge on any atom is 0.0550 e. The van der Waals surface area contributed by atoms with Crippen molar-refractivity contribution in [3.63, 3.8) is 0 Å². The lowest BCUT2D eigenvalue weighted by Crippen LogP contribution is -1.87. The van der Waals surface area contributed by atoms with Gasteiger partial charge in [-0.15, -0.1) is 0 Å². The van der Waals surface area contributed by atoms with Crippen LogP contribution in [0.15, 0.2) is 45.3 Å². The minimum absolute atomic E-state index is 0.542. The van der Waals surface area contributed by atoms with Crippen molar-refractivity contribution in [1.82, 2.24) is 0 Å². The second-order valence-corrected chi connectivity index (χ2v) is 8.11. The van der Waals surface area contributed by atoms with Crippen molar-refractivity contribution in [2.45, 2.75) is 46.5 Å². The largest absolute Gasteiger partial charge is 0.0831 e. The van der Waals surface area contributed by atoms with Crippen molar-refractivity contribution in [3.05, 3.63) is 67.1 Å². The molecular formula is C19H23Br2Cl. The van der Waals surface area contributed by atoms with Crippen LogP contribution >= 0.6 is 43.5 Å². The Morgan fingerprint density at radius 1 is 0.773 bits per heavy atom. The molecule has 2 aromatic carbocycles. The molecule has 0 radical (unpaired) electrons. The van der Waals surface area contributed by atoms with Crippen LogP contribution in [0.3, 0.4) is 0 Å². The standard InChI is InChI=1S/C10H13Br.C9H10BrCl/c1-7(2)9-4-5-10(11)8(3)6-9;1-6(2)7-3-4-8(10)9(11)5-7/h4-7H,1-3H3;3-6H,1-2H3. The number of benzene rings is 2. The van der Waals surface area contributed by atoms with Gasteiger partial charge in [-0.3, -0.25) is 0 Å². The molecule has 0 saturated heterocycles. The van der Waals surface area contributed by atoms with Crippen LogP contribution in [0.4, 0.5) is 0 Å². The highest BCUT2D eigenvalue weighted by atomic mass is 79.9. The van der Waals surface area contributed by atoms with Gasteiger partial charge in [0.15, 0.2) is 0 Å². The van der Waals surface area contributed by atoms with Crippen LogP contribution in [0.2, 0.25) is 5.02 Å². The van der Waals surface area contributed by atoms with E-state index in [-0.39, 0.29) is 0 Å². The Hall–Kier alpha value is -0.310. The van der Waals surface area contributed by atoms with Crippen LogP contribution in [-0.4, -0.2) is 0 Å². The first-order valence-corrected chi connectivity index (χ1v) is 9.39. The van der Waals surface area contributed by atoms with E-state index in [1.165, 1.54) is 21.2 Å². The van der Waals surface area contributed by atoms with Gasteiger partial charge < -0.3 is 0 Å². The normalized spacial score (nSPS) is 10.6. The molecule has 0 N–H and O–H groups in total.